The maximum Gasteiger partial charge on any atom is 0.315 e. The van der Waals surface area contributed by atoms with Gasteiger partial charge in [-0.05, 0) is 17.2 Å². The van der Waals surface area contributed by atoms with Gasteiger partial charge in [-0.3, -0.25) is 4.79 Å². The third-order valence-corrected chi connectivity index (χ3v) is 3.98. The Morgan fingerprint density at radius 1 is 1.08 bits per heavy atom. The van der Waals surface area contributed by atoms with E-state index < -0.39 is 0 Å². The number of H-pyrrole nitrogens is 1. The molecule has 0 aliphatic carbocycles. The second-order valence-corrected chi connectivity index (χ2v) is 5.72. The van der Waals surface area contributed by atoms with Crippen LogP contribution < -0.4 is 5.32 Å². The molecule has 2 aromatic carbocycles. The lowest BCUT2D eigenvalue weighted by molar-refractivity contribution is 0.0907. The van der Waals surface area contributed by atoms with Crippen molar-refractivity contribution in [2.45, 2.75) is 13.0 Å². The van der Waals surface area contributed by atoms with E-state index in [1.165, 1.54) is 0 Å². The summed E-state index contributed by atoms with van der Waals surface area (Å²) in [6.07, 6.45) is 2.43. The largest absolute Gasteiger partial charge is 0.361 e. The highest BCUT2D eigenvalue weighted by Gasteiger charge is 2.16. The first-order chi connectivity index (χ1) is 12.3. The lowest BCUT2D eigenvalue weighted by Gasteiger charge is -2.01. The van der Waals surface area contributed by atoms with Crippen molar-refractivity contribution in [2.75, 3.05) is 0 Å². The standard InChI is InChI=1S/C19H16N4O2/c24-18(21-11-13-6-2-1-3-7-13)19-22-17(23-25-19)10-14-12-20-16-9-5-4-8-15(14)16/h1-9,12,20H,10-11H2,(H,21,24). The van der Waals surface area contributed by atoms with Gasteiger partial charge in [0.15, 0.2) is 5.82 Å². The zero-order valence-corrected chi connectivity index (χ0v) is 13.4. The fourth-order valence-corrected chi connectivity index (χ4v) is 2.72. The molecule has 0 atom stereocenters. The Kier molecular flexibility index (Phi) is 4.00. The van der Waals surface area contributed by atoms with Crippen LogP contribution in [0.2, 0.25) is 0 Å². The smallest absolute Gasteiger partial charge is 0.315 e. The predicted octanol–water partition coefficient (Wildman–Crippen LogP) is 3.07. The highest BCUT2D eigenvalue weighted by Crippen LogP contribution is 2.19. The number of hydrogen-bond donors (Lipinski definition) is 2. The number of benzene rings is 2. The normalized spacial score (nSPS) is 10.9. The van der Waals surface area contributed by atoms with Gasteiger partial charge < -0.3 is 14.8 Å². The van der Waals surface area contributed by atoms with Crippen molar-refractivity contribution in [3.63, 3.8) is 0 Å². The van der Waals surface area contributed by atoms with Crippen LogP contribution in [0.4, 0.5) is 0 Å². The number of aromatic amines is 1. The van der Waals surface area contributed by atoms with Gasteiger partial charge in [-0.15, -0.1) is 0 Å². The molecule has 4 aromatic rings. The van der Waals surface area contributed by atoms with Crippen molar-refractivity contribution >= 4 is 16.8 Å². The molecule has 2 heterocycles. The molecular formula is C19H16N4O2. The molecule has 0 spiro atoms. The minimum atomic E-state index is -0.374. The minimum absolute atomic E-state index is 0.0224. The van der Waals surface area contributed by atoms with Crippen LogP contribution in [-0.4, -0.2) is 21.0 Å². The Morgan fingerprint density at radius 3 is 2.76 bits per heavy atom. The SMILES string of the molecule is O=C(NCc1ccccc1)c1nc(Cc2c[nH]c3ccccc23)no1. The summed E-state index contributed by atoms with van der Waals surface area (Å²) in [5, 5.41) is 7.80. The number of hydrogen-bond acceptors (Lipinski definition) is 4. The Balaban J connectivity index is 1.44. The fourth-order valence-electron chi connectivity index (χ4n) is 2.72. The van der Waals surface area contributed by atoms with E-state index in [0.717, 1.165) is 22.0 Å². The number of para-hydroxylation sites is 1. The van der Waals surface area contributed by atoms with Crippen molar-refractivity contribution < 1.29 is 9.32 Å². The van der Waals surface area contributed by atoms with Gasteiger partial charge >= 0.3 is 11.8 Å². The van der Waals surface area contributed by atoms with Gasteiger partial charge in [-0.1, -0.05) is 53.7 Å². The molecule has 2 N–H and O–H groups in total. The highest BCUT2D eigenvalue weighted by atomic mass is 16.5. The van der Waals surface area contributed by atoms with Crippen molar-refractivity contribution in [2.24, 2.45) is 0 Å². The number of carbonyl (C=O) groups is 1. The van der Waals surface area contributed by atoms with E-state index in [-0.39, 0.29) is 11.8 Å². The molecule has 6 nitrogen and oxygen atoms in total. The lowest BCUT2D eigenvalue weighted by Crippen LogP contribution is -2.23. The van der Waals surface area contributed by atoms with Gasteiger partial charge in [0.25, 0.3) is 0 Å². The first-order valence-corrected chi connectivity index (χ1v) is 7.99. The second-order valence-electron chi connectivity index (χ2n) is 5.72. The molecule has 0 aliphatic heterocycles. The van der Waals surface area contributed by atoms with Crippen molar-refractivity contribution in [3.8, 4) is 0 Å². The summed E-state index contributed by atoms with van der Waals surface area (Å²) in [5.41, 5.74) is 3.13. The van der Waals surface area contributed by atoms with E-state index >= 15 is 0 Å². The second kappa shape index (κ2) is 6.60. The van der Waals surface area contributed by atoms with Crippen LogP contribution in [0.15, 0.2) is 65.3 Å². The number of carbonyl (C=O) groups excluding carboxylic acids is 1. The van der Waals surface area contributed by atoms with E-state index in [9.17, 15) is 4.79 Å². The number of rotatable bonds is 5. The average molecular weight is 332 g/mol. The highest BCUT2D eigenvalue weighted by molar-refractivity contribution is 5.89. The topological polar surface area (TPSA) is 83.8 Å². The molecular weight excluding hydrogens is 316 g/mol. The maximum atomic E-state index is 12.1. The van der Waals surface area contributed by atoms with E-state index in [2.05, 4.69) is 20.4 Å². The van der Waals surface area contributed by atoms with Gasteiger partial charge in [-0.25, -0.2) is 0 Å². The van der Waals surface area contributed by atoms with Crippen LogP contribution >= 0.6 is 0 Å². The summed E-state index contributed by atoms with van der Waals surface area (Å²) in [5.74, 6) is 0.0851. The first kappa shape index (κ1) is 15.1. The summed E-state index contributed by atoms with van der Waals surface area (Å²) in [7, 11) is 0. The molecule has 4 rings (SSSR count). The third-order valence-electron chi connectivity index (χ3n) is 3.98. The zero-order chi connectivity index (χ0) is 17.1. The molecule has 25 heavy (non-hydrogen) atoms. The maximum absolute atomic E-state index is 12.1. The molecule has 0 fully saturated rings. The Labute approximate surface area is 143 Å². The third kappa shape index (κ3) is 3.28. The molecule has 0 saturated carbocycles. The fraction of sp³-hybridized carbons (Fsp3) is 0.105. The van der Waals surface area contributed by atoms with Gasteiger partial charge in [-0.2, -0.15) is 4.98 Å². The summed E-state index contributed by atoms with van der Waals surface area (Å²) >= 11 is 0. The molecule has 1 amide bonds. The summed E-state index contributed by atoms with van der Waals surface area (Å²) < 4.78 is 5.09. The number of amides is 1. The monoisotopic (exact) mass is 332 g/mol. The van der Waals surface area contributed by atoms with Crippen molar-refractivity contribution in [3.05, 3.63) is 83.6 Å². The van der Waals surface area contributed by atoms with Gasteiger partial charge in [0.1, 0.15) is 0 Å². The Hall–Kier alpha value is -3.41. The van der Waals surface area contributed by atoms with Gasteiger partial charge in [0.2, 0.25) is 0 Å². The molecule has 0 aliphatic rings. The summed E-state index contributed by atoms with van der Waals surface area (Å²) in [6, 6.07) is 17.7. The van der Waals surface area contributed by atoms with Crippen LogP contribution in [0.1, 0.15) is 27.6 Å². The Morgan fingerprint density at radius 2 is 1.88 bits per heavy atom. The van der Waals surface area contributed by atoms with E-state index in [4.69, 9.17) is 4.52 Å². The van der Waals surface area contributed by atoms with Gasteiger partial charge in [0.05, 0.1) is 0 Å². The van der Waals surface area contributed by atoms with Crippen LogP contribution in [0.5, 0.6) is 0 Å². The van der Waals surface area contributed by atoms with E-state index in [1.807, 2.05) is 60.8 Å². The van der Waals surface area contributed by atoms with Crippen LogP contribution in [0.3, 0.4) is 0 Å². The minimum Gasteiger partial charge on any atom is -0.361 e. The molecule has 0 radical (unpaired) electrons. The molecule has 6 heteroatoms. The molecule has 0 bridgehead atoms. The van der Waals surface area contributed by atoms with Crippen molar-refractivity contribution in [1.82, 2.24) is 20.4 Å². The summed E-state index contributed by atoms with van der Waals surface area (Å²) in [6.45, 7) is 0.417. The van der Waals surface area contributed by atoms with Crippen LogP contribution in [-0.2, 0) is 13.0 Å². The van der Waals surface area contributed by atoms with Crippen LogP contribution in [0.25, 0.3) is 10.9 Å². The van der Waals surface area contributed by atoms with Crippen molar-refractivity contribution in [1.29, 1.82) is 0 Å². The lowest BCUT2D eigenvalue weighted by atomic mass is 10.1. The Bertz CT molecular complexity index is 1000. The van der Waals surface area contributed by atoms with E-state index in [1.54, 1.807) is 0 Å². The molecule has 0 saturated heterocycles. The first-order valence-electron chi connectivity index (χ1n) is 7.99. The van der Waals surface area contributed by atoms with Crippen LogP contribution in [0, 0.1) is 0 Å². The molecule has 0 unspecified atom stereocenters. The molecule has 124 valence electrons. The predicted molar refractivity (Wildman–Crippen MR) is 93.0 cm³/mol. The van der Waals surface area contributed by atoms with Gasteiger partial charge in [0, 0.05) is 30.1 Å². The zero-order valence-electron chi connectivity index (χ0n) is 13.4. The average Bonchev–Trinajstić information content (AvgIpc) is 3.29. The van der Waals surface area contributed by atoms with E-state index in [0.29, 0.717) is 18.8 Å². The quantitative estimate of drug-likeness (QED) is 0.588. The number of fused-ring (bicyclic) bond motifs is 1. The summed E-state index contributed by atoms with van der Waals surface area (Å²) in [4.78, 5) is 19.5. The number of aromatic nitrogens is 3. The number of nitrogens with one attached hydrogen (secondary N) is 2. The molecule has 2 aromatic heterocycles. The number of nitrogens with zero attached hydrogens (tertiary/aromatic N) is 2.